The summed E-state index contributed by atoms with van der Waals surface area (Å²) in [7, 11) is 0. The van der Waals surface area contributed by atoms with E-state index in [0.717, 1.165) is 35.2 Å². The number of benzene rings is 3. The Balaban J connectivity index is 1.24. The van der Waals surface area contributed by atoms with Gasteiger partial charge in [-0.25, -0.2) is 9.79 Å². The molecular weight excluding hydrogens is 483 g/mol. The van der Waals surface area contributed by atoms with Gasteiger partial charge in [0.05, 0.1) is 5.69 Å². The molecule has 4 rings (SSSR count). The first-order chi connectivity index (χ1) is 17.6. The summed E-state index contributed by atoms with van der Waals surface area (Å²) in [6, 6.07) is 20.9. The lowest BCUT2D eigenvalue weighted by Crippen LogP contribution is -2.43. The number of carbonyl (C=O) groups excluding carboxylic acids is 1. The summed E-state index contributed by atoms with van der Waals surface area (Å²) in [6.07, 6.45) is -1.54. The van der Waals surface area contributed by atoms with Gasteiger partial charge in [0.25, 0.3) is 0 Å². The number of anilines is 2. The Hall–Kier alpha value is -4.05. The number of hydrogen-bond acceptors (Lipinski definition) is 5. The van der Waals surface area contributed by atoms with E-state index in [1.807, 2.05) is 62.4 Å². The Kier molecular flexibility index (Phi) is 7.68. The highest BCUT2D eigenvalue weighted by Gasteiger charge is 2.33. The van der Waals surface area contributed by atoms with Gasteiger partial charge in [-0.2, -0.15) is 5.43 Å². The van der Waals surface area contributed by atoms with E-state index in [9.17, 15) is 18.0 Å². The van der Waals surface area contributed by atoms with Gasteiger partial charge < -0.3 is 15.4 Å². The van der Waals surface area contributed by atoms with E-state index in [2.05, 4.69) is 25.8 Å². The average molecular weight is 512 g/mol. The molecule has 3 N–H and O–H groups in total. The van der Waals surface area contributed by atoms with E-state index in [0.29, 0.717) is 12.2 Å². The zero-order valence-electron chi connectivity index (χ0n) is 20.5. The summed E-state index contributed by atoms with van der Waals surface area (Å²) >= 11 is 0. The van der Waals surface area contributed by atoms with Crippen molar-refractivity contribution < 1.29 is 22.7 Å². The van der Waals surface area contributed by atoms with Crippen LogP contribution in [0.2, 0.25) is 0 Å². The van der Waals surface area contributed by atoms with Gasteiger partial charge in [0.15, 0.2) is 5.66 Å². The van der Waals surface area contributed by atoms with Crippen LogP contribution in [0.5, 0.6) is 5.75 Å². The van der Waals surface area contributed by atoms with E-state index in [1.165, 1.54) is 24.3 Å². The summed E-state index contributed by atoms with van der Waals surface area (Å²) in [5.74, 6) is -0.284. The zero-order valence-corrected chi connectivity index (χ0v) is 20.5. The Morgan fingerprint density at radius 3 is 2.35 bits per heavy atom. The fourth-order valence-electron chi connectivity index (χ4n) is 3.85. The molecule has 10 heteroatoms. The second-order valence-electron chi connectivity index (χ2n) is 8.89. The van der Waals surface area contributed by atoms with Crippen LogP contribution in [0.1, 0.15) is 30.0 Å². The monoisotopic (exact) mass is 511 g/mol. The van der Waals surface area contributed by atoms with Crippen LogP contribution in [-0.2, 0) is 12.1 Å². The Bertz CT molecular complexity index is 1230. The first kappa shape index (κ1) is 26.0. The van der Waals surface area contributed by atoms with Crippen molar-refractivity contribution in [2.24, 2.45) is 4.99 Å². The number of aryl methyl sites for hydroxylation is 2. The van der Waals surface area contributed by atoms with Gasteiger partial charge in [0, 0.05) is 12.2 Å². The Labute approximate surface area is 213 Å². The molecule has 0 aliphatic carbocycles. The summed E-state index contributed by atoms with van der Waals surface area (Å²) < 4.78 is 41.1. The minimum absolute atomic E-state index is 0.232. The van der Waals surface area contributed by atoms with Crippen molar-refractivity contribution in [1.29, 1.82) is 0 Å². The number of aliphatic imine (C=N–C) groups is 1. The molecule has 2 amide bonds. The SMILES string of the molecule is Cc1ccc(NC(=O)NCCCc2ccc(C3(C)N=CN(c4ccc(OC(F)(F)F)cc4)N3)cc2)cc1. The molecule has 0 fully saturated rings. The smallest absolute Gasteiger partial charge is 0.406 e. The maximum absolute atomic E-state index is 12.4. The lowest BCUT2D eigenvalue weighted by molar-refractivity contribution is -0.274. The third kappa shape index (κ3) is 7.23. The zero-order chi connectivity index (χ0) is 26.5. The van der Waals surface area contributed by atoms with Crippen molar-refractivity contribution in [1.82, 2.24) is 10.7 Å². The number of nitrogens with zero attached hydrogens (tertiary/aromatic N) is 2. The van der Waals surface area contributed by atoms with E-state index >= 15 is 0 Å². The molecule has 1 aliphatic heterocycles. The third-order valence-electron chi connectivity index (χ3n) is 5.87. The summed E-state index contributed by atoms with van der Waals surface area (Å²) in [6.45, 7) is 4.45. The second-order valence-corrected chi connectivity index (χ2v) is 8.89. The predicted octanol–water partition coefficient (Wildman–Crippen LogP) is 5.87. The van der Waals surface area contributed by atoms with Crippen molar-refractivity contribution in [3.63, 3.8) is 0 Å². The molecule has 194 valence electrons. The van der Waals surface area contributed by atoms with Gasteiger partial charge in [0.1, 0.15) is 12.1 Å². The third-order valence-corrected chi connectivity index (χ3v) is 5.87. The second kappa shape index (κ2) is 10.9. The molecule has 1 heterocycles. The number of hydrogen-bond donors (Lipinski definition) is 3. The molecule has 1 unspecified atom stereocenters. The molecule has 0 spiro atoms. The Morgan fingerprint density at radius 1 is 1.03 bits per heavy atom. The van der Waals surface area contributed by atoms with E-state index in [1.54, 1.807) is 11.3 Å². The lowest BCUT2D eigenvalue weighted by Gasteiger charge is -2.26. The van der Waals surface area contributed by atoms with Crippen molar-refractivity contribution in [3.8, 4) is 5.75 Å². The minimum Gasteiger partial charge on any atom is -0.406 e. The molecule has 0 saturated heterocycles. The summed E-state index contributed by atoms with van der Waals surface area (Å²) in [4.78, 5) is 16.6. The maximum Gasteiger partial charge on any atom is 0.573 e. The highest BCUT2D eigenvalue weighted by Crippen LogP contribution is 2.30. The van der Waals surface area contributed by atoms with Crippen LogP contribution in [0, 0.1) is 6.92 Å². The lowest BCUT2D eigenvalue weighted by atomic mass is 10.00. The summed E-state index contributed by atoms with van der Waals surface area (Å²) in [5, 5.41) is 7.33. The molecule has 1 aliphatic rings. The molecule has 3 aromatic carbocycles. The number of rotatable bonds is 8. The first-order valence-corrected chi connectivity index (χ1v) is 11.8. The number of halogens is 3. The van der Waals surface area contributed by atoms with Gasteiger partial charge in [0.2, 0.25) is 0 Å². The number of amides is 2. The number of hydrazine groups is 1. The van der Waals surface area contributed by atoms with Crippen LogP contribution in [-0.4, -0.2) is 25.3 Å². The van der Waals surface area contributed by atoms with Gasteiger partial charge in [-0.3, -0.25) is 5.01 Å². The highest BCUT2D eigenvalue weighted by molar-refractivity contribution is 5.89. The number of ether oxygens (including phenoxy) is 1. The van der Waals surface area contributed by atoms with Crippen molar-refractivity contribution in [2.75, 3.05) is 16.9 Å². The largest absolute Gasteiger partial charge is 0.573 e. The van der Waals surface area contributed by atoms with Crippen LogP contribution in [0.15, 0.2) is 77.8 Å². The van der Waals surface area contributed by atoms with Crippen LogP contribution in [0.3, 0.4) is 0 Å². The molecule has 7 nitrogen and oxygen atoms in total. The summed E-state index contributed by atoms with van der Waals surface area (Å²) in [5.41, 5.74) is 7.11. The number of urea groups is 1. The van der Waals surface area contributed by atoms with Gasteiger partial charge in [-0.05, 0) is 74.2 Å². The fourth-order valence-corrected chi connectivity index (χ4v) is 3.85. The van der Waals surface area contributed by atoms with Crippen LogP contribution in [0.25, 0.3) is 0 Å². The number of alkyl halides is 3. The van der Waals surface area contributed by atoms with Crippen molar-refractivity contribution in [2.45, 2.75) is 38.7 Å². The first-order valence-electron chi connectivity index (χ1n) is 11.8. The topological polar surface area (TPSA) is 78.0 Å². The van der Waals surface area contributed by atoms with Crippen LogP contribution in [0.4, 0.5) is 29.3 Å². The molecular formula is C27H28F3N5O2. The number of carbonyl (C=O) groups is 1. The van der Waals surface area contributed by atoms with Crippen LogP contribution < -0.4 is 25.8 Å². The van der Waals surface area contributed by atoms with Crippen molar-refractivity contribution >= 4 is 23.7 Å². The van der Waals surface area contributed by atoms with Gasteiger partial charge in [-0.15, -0.1) is 13.2 Å². The Morgan fingerprint density at radius 2 is 1.70 bits per heavy atom. The number of nitrogens with one attached hydrogen (secondary N) is 3. The fraction of sp³-hybridized carbons (Fsp3) is 0.259. The maximum atomic E-state index is 12.4. The van der Waals surface area contributed by atoms with E-state index < -0.39 is 12.0 Å². The van der Waals surface area contributed by atoms with Gasteiger partial charge in [-0.1, -0.05) is 42.0 Å². The normalized spacial score (nSPS) is 17.1. The molecule has 0 saturated carbocycles. The standard InChI is InChI=1S/C27H28F3N5O2/c1-19-5-11-22(12-6-19)33-25(36)31-17-3-4-20-7-9-21(10-8-20)26(2)32-18-35(34-26)23-13-15-24(16-14-23)37-27(28,29)30/h5-16,18,34H,3-4,17H2,1-2H3,(H2,31,33,36). The molecule has 1 atom stereocenters. The molecule has 0 radical (unpaired) electrons. The highest BCUT2D eigenvalue weighted by atomic mass is 19.4. The van der Waals surface area contributed by atoms with E-state index in [-0.39, 0.29) is 11.8 Å². The van der Waals surface area contributed by atoms with Gasteiger partial charge >= 0.3 is 12.4 Å². The van der Waals surface area contributed by atoms with E-state index in [4.69, 9.17) is 0 Å². The molecule has 0 bridgehead atoms. The van der Waals surface area contributed by atoms with Crippen molar-refractivity contribution in [3.05, 3.63) is 89.5 Å². The molecule has 3 aromatic rings. The predicted molar refractivity (Wildman–Crippen MR) is 138 cm³/mol. The molecule has 37 heavy (non-hydrogen) atoms. The van der Waals surface area contributed by atoms with Crippen LogP contribution >= 0.6 is 0 Å². The quantitative estimate of drug-likeness (QED) is 0.331. The average Bonchev–Trinajstić information content (AvgIpc) is 3.26. The minimum atomic E-state index is -4.73. The molecule has 0 aromatic heterocycles.